The van der Waals surface area contributed by atoms with Crippen molar-refractivity contribution in [1.82, 2.24) is 5.32 Å². The van der Waals surface area contributed by atoms with Gasteiger partial charge >= 0.3 is 6.03 Å². The summed E-state index contributed by atoms with van der Waals surface area (Å²) in [6, 6.07) is 18.7. The summed E-state index contributed by atoms with van der Waals surface area (Å²) >= 11 is 9.35. The smallest absolute Gasteiger partial charge is 0.335 e. The number of hydrogen-bond donors (Lipinski definition) is 1. The van der Waals surface area contributed by atoms with Crippen LogP contribution < -0.4 is 15.0 Å². The summed E-state index contributed by atoms with van der Waals surface area (Å²) < 4.78 is 6.58. The zero-order valence-electron chi connectivity index (χ0n) is 17.5. The number of nitrogens with zero attached hydrogens (tertiary/aromatic N) is 1. The number of halogens is 2. The van der Waals surface area contributed by atoms with Crippen LogP contribution in [0.4, 0.5) is 10.5 Å². The van der Waals surface area contributed by atoms with E-state index in [0.717, 1.165) is 14.9 Å². The summed E-state index contributed by atoms with van der Waals surface area (Å²) in [5, 5.41) is 2.87. The van der Waals surface area contributed by atoms with Gasteiger partial charge in [0.15, 0.2) is 0 Å². The van der Waals surface area contributed by atoms with Gasteiger partial charge in [0.25, 0.3) is 11.8 Å². The molecule has 1 N–H and O–H groups in total. The maximum Gasteiger partial charge on any atom is 0.335 e. The Morgan fingerprint density at radius 3 is 2.48 bits per heavy atom. The lowest BCUT2D eigenvalue weighted by Gasteiger charge is -2.27. The predicted octanol–water partition coefficient (Wildman–Crippen LogP) is 5.66. The van der Waals surface area contributed by atoms with E-state index < -0.39 is 17.8 Å². The molecule has 0 spiro atoms. The number of benzene rings is 3. The molecule has 3 aromatic carbocycles. The molecule has 0 aliphatic carbocycles. The van der Waals surface area contributed by atoms with Crippen LogP contribution in [-0.2, 0) is 16.2 Å². The quantitative estimate of drug-likeness (QED) is 0.345. The van der Waals surface area contributed by atoms with E-state index in [2.05, 4.69) is 21.2 Å². The van der Waals surface area contributed by atoms with Gasteiger partial charge in [-0.05, 0) is 72.2 Å². The van der Waals surface area contributed by atoms with Gasteiger partial charge in [-0.3, -0.25) is 14.9 Å². The number of urea groups is 1. The van der Waals surface area contributed by atoms with E-state index in [9.17, 15) is 14.4 Å². The van der Waals surface area contributed by atoms with Gasteiger partial charge in [0.05, 0.1) is 5.69 Å². The Morgan fingerprint density at radius 2 is 1.79 bits per heavy atom. The maximum absolute atomic E-state index is 13.1. The summed E-state index contributed by atoms with van der Waals surface area (Å²) in [7, 11) is 0. The molecule has 3 aromatic rings. The van der Waals surface area contributed by atoms with Crippen LogP contribution in [0, 0.1) is 6.92 Å². The fourth-order valence-electron chi connectivity index (χ4n) is 3.37. The van der Waals surface area contributed by atoms with E-state index in [4.69, 9.17) is 16.3 Å². The third-order valence-electron chi connectivity index (χ3n) is 4.99. The zero-order valence-corrected chi connectivity index (χ0v) is 19.8. The van der Waals surface area contributed by atoms with Crippen LogP contribution in [0.2, 0.25) is 5.02 Å². The number of ether oxygens (including phenoxy) is 1. The first-order valence-corrected chi connectivity index (χ1v) is 11.1. The summed E-state index contributed by atoms with van der Waals surface area (Å²) in [5.74, 6) is -0.799. The van der Waals surface area contributed by atoms with Crippen molar-refractivity contribution < 1.29 is 19.1 Å². The van der Waals surface area contributed by atoms with Gasteiger partial charge in [-0.1, -0.05) is 51.8 Å². The third-order valence-corrected chi connectivity index (χ3v) is 5.72. The number of hydrogen-bond acceptors (Lipinski definition) is 4. The second-order valence-electron chi connectivity index (χ2n) is 7.38. The minimum Gasteiger partial charge on any atom is -0.489 e. The summed E-state index contributed by atoms with van der Waals surface area (Å²) in [4.78, 5) is 38.9. The van der Waals surface area contributed by atoms with Crippen LogP contribution >= 0.6 is 27.5 Å². The maximum atomic E-state index is 13.1. The number of amides is 4. The Labute approximate surface area is 203 Å². The molecule has 6 nitrogen and oxygen atoms in total. The van der Waals surface area contributed by atoms with E-state index in [1.807, 2.05) is 18.2 Å². The third kappa shape index (κ3) is 5.16. The van der Waals surface area contributed by atoms with Gasteiger partial charge in [-0.15, -0.1) is 0 Å². The van der Waals surface area contributed by atoms with Crippen molar-refractivity contribution in [3.05, 3.63) is 98.5 Å². The van der Waals surface area contributed by atoms with Crippen LogP contribution in [-0.4, -0.2) is 17.8 Å². The molecule has 0 radical (unpaired) electrons. The second-order valence-corrected chi connectivity index (χ2v) is 8.73. The number of carbonyl (C=O) groups excluding carboxylic acids is 3. The molecule has 0 unspecified atom stereocenters. The van der Waals surface area contributed by atoms with E-state index in [1.165, 1.54) is 6.08 Å². The van der Waals surface area contributed by atoms with Crippen LogP contribution in [0.25, 0.3) is 6.08 Å². The molecule has 1 fully saturated rings. The summed E-state index contributed by atoms with van der Waals surface area (Å²) in [6.45, 7) is 2.13. The summed E-state index contributed by atoms with van der Waals surface area (Å²) in [6.07, 6.45) is 1.45. The van der Waals surface area contributed by atoms with Gasteiger partial charge in [0.2, 0.25) is 0 Å². The van der Waals surface area contributed by atoms with Crippen molar-refractivity contribution >= 4 is 57.1 Å². The highest BCUT2D eigenvalue weighted by atomic mass is 79.9. The Morgan fingerprint density at radius 1 is 1.03 bits per heavy atom. The molecular formula is C25H18BrClN2O4. The average molecular weight is 526 g/mol. The number of nitrogens with one attached hydrogen (secondary N) is 1. The largest absolute Gasteiger partial charge is 0.489 e. The van der Waals surface area contributed by atoms with Crippen LogP contribution in [0.3, 0.4) is 0 Å². The Bertz CT molecular complexity index is 1290. The molecule has 1 saturated heterocycles. The van der Waals surface area contributed by atoms with E-state index in [-0.39, 0.29) is 5.57 Å². The Balaban J connectivity index is 1.54. The second kappa shape index (κ2) is 9.60. The van der Waals surface area contributed by atoms with Gasteiger partial charge in [-0.2, -0.15) is 0 Å². The Kier molecular flexibility index (Phi) is 6.62. The minimum absolute atomic E-state index is 0.135. The highest BCUT2D eigenvalue weighted by molar-refractivity contribution is 9.10. The number of imide groups is 2. The molecule has 0 aromatic heterocycles. The normalized spacial score (nSPS) is 15.1. The molecular weight excluding hydrogens is 508 g/mol. The molecule has 166 valence electrons. The Hall–Kier alpha value is -3.42. The molecule has 0 bridgehead atoms. The minimum atomic E-state index is -0.780. The first-order valence-electron chi connectivity index (χ1n) is 9.97. The van der Waals surface area contributed by atoms with Gasteiger partial charge in [0, 0.05) is 9.50 Å². The molecule has 4 rings (SSSR count). The lowest BCUT2D eigenvalue weighted by molar-refractivity contribution is -0.122. The number of rotatable bonds is 5. The highest BCUT2D eigenvalue weighted by Crippen LogP contribution is 2.28. The van der Waals surface area contributed by atoms with Gasteiger partial charge in [0.1, 0.15) is 17.9 Å². The zero-order chi connectivity index (χ0) is 23.5. The average Bonchev–Trinajstić information content (AvgIpc) is 2.77. The van der Waals surface area contributed by atoms with Crippen molar-refractivity contribution in [2.45, 2.75) is 13.5 Å². The van der Waals surface area contributed by atoms with Crippen molar-refractivity contribution in [3.8, 4) is 5.75 Å². The number of anilines is 1. The first kappa shape index (κ1) is 22.8. The predicted molar refractivity (Wildman–Crippen MR) is 130 cm³/mol. The number of barbiturate groups is 1. The topological polar surface area (TPSA) is 75.7 Å². The van der Waals surface area contributed by atoms with Crippen molar-refractivity contribution in [3.63, 3.8) is 0 Å². The van der Waals surface area contributed by atoms with Crippen LogP contribution in [0.5, 0.6) is 5.75 Å². The molecule has 4 amide bonds. The van der Waals surface area contributed by atoms with E-state index in [1.54, 1.807) is 55.5 Å². The molecule has 0 saturated carbocycles. The SMILES string of the molecule is Cc1cc(Br)ccc1N1C(=O)NC(=O)/C(=C/c2ccc(OCc3cccc(Cl)c3)cc2)C1=O. The molecule has 1 heterocycles. The lowest BCUT2D eigenvalue weighted by atomic mass is 10.1. The summed E-state index contributed by atoms with van der Waals surface area (Å²) in [5.41, 5.74) is 2.53. The van der Waals surface area contributed by atoms with Crippen molar-refractivity contribution in [2.24, 2.45) is 0 Å². The molecule has 33 heavy (non-hydrogen) atoms. The van der Waals surface area contributed by atoms with E-state index >= 15 is 0 Å². The molecule has 1 aliphatic heterocycles. The number of aryl methyl sites for hydroxylation is 1. The standard InChI is InChI=1S/C25H18BrClN2O4/c1-15-11-18(26)7-10-22(15)29-24(31)21(23(30)28-25(29)32)13-16-5-8-20(9-6-16)33-14-17-3-2-4-19(27)12-17/h2-13H,14H2,1H3,(H,28,30,32)/b21-13-. The monoisotopic (exact) mass is 524 g/mol. The fraction of sp³-hybridized carbons (Fsp3) is 0.0800. The first-order chi connectivity index (χ1) is 15.8. The molecule has 0 atom stereocenters. The van der Waals surface area contributed by atoms with Crippen LogP contribution in [0.15, 0.2) is 76.8 Å². The fourth-order valence-corrected chi connectivity index (χ4v) is 4.05. The highest BCUT2D eigenvalue weighted by Gasteiger charge is 2.37. The lowest BCUT2D eigenvalue weighted by Crippen LogP contribution is -2.54. The van der Waals surface area contributed by atoms with E-state index in [0.29, 0.717) is 34.2 Å². The molecule has 8 heteroatoms. The number of carbonyl (C=O) groups is 3. The van der Waals surface area contributed by atoms with Gasteiger partial charge in [-0.25, -0.2) is 9.69 Å². The van der Waals surface area contributed by atoms with Crippen molar-refractivity contribution in [2.75, 3.05) is 4.90 Å². The van der Waals surface area contributed by atoms with Gasteiger partial charge < -0.3 is 4.74 Å². The van der Waals surface area contributed by atoms with Crippen molar-refractivity contribution in [1.29, 1.82) is 0 Å². The molecule has 1 aliphatic rings. The van der Waals surface area contributed by atoms with Crippen LogP contribution in [0.1, 0.15) is 16.7 Å².